The minimum absolute atomic E-state index is 0.106. The lowest BCUT2D eigenvalue weighted by molar-refractivity contribution is -0.116. The van der Waals surface area contributed by atoms with Crippen molar-refractivity contribution >= 4 is 21.4 Å². The van der Waals surface area contributed by atoms with Gasteiger partial charge in [0, 0.05) is 12.1 Å². The zero-order valence-electron chi connectivity index (χ0n) is 10.7. The fraction of sp³-hybridized carbons (Fsp3) is 0.417. The number of anilines is 1. The number of benzene rings is 1. The van der Waals surface area contributed by atoms with Crippen molar-refractivity contribution in [2.24, 2.45) is 0 Å². The molecule has 1 amide bonds. The average molecular weight is 307 g/mol. The smallest absolute Gasteiger partial charge is 0.341 e. The highest BCUT2D eigenvalue weighted by Crippen LogP contribution is 2.20. The second-order valence-corrected chi connectivity index (χ2v) is 6.18. The van der Waals surface area contributed by atoms with Crippen molar-refractivity contribution in [3.8, 4) is 0 Å². The molecule has 2 N–H and O–H groups in total. The predicted molar refractivity (Wildman–Crippen MR) is 69.2 cm³/mol. The van der Waals surface area contributed by atoms with Crippen molar-refractivity contribution < 1.29 is 27.1 Å². The lowest BCUT2D eigenvalue weighted by Gasteiger charge is -2.08. The van der Waals surface area contributed by atoms with Gasteiger partial charge in [0.25, 0.3) is 0 Å². The molecular formula is C12H15F2NO4S. The largest absolute Gasteiger partial charge is 0.393 e. The van der Waals surface area contributed by atoms with Crippen LogP contribution in [0, 0.1) is 0 Å². The molecule has 0 saturated carbocycles. The Kier molecular flexibility index (Phi) is 5.58. The van der Waals surface area contributed by atoms with Crippen LogP contribution < -0.4 is 5.32 Å². The number of aliphatic hydroxyl groups is 1. The number of carbonyl (C=O) groups excluding carboxylic acids is 1. The molecule has 0 aromatic heterocycles. The van der Waals surface area contributed by atoms with Gasteiger partial charge in [-0.25, -0.2) is 8.42 Å². The Bertz CT molecular complexity index is 555. The second kappa shape index (κ2) is 6.76. The van der Waals surface area contributed by atoms with E-state index in [-0.39, 0.29) is 12.3 Å². The van der Waals surface area contributed by atoms with E-state index in [9.17, 15) is 22.0 Å². The Balaban J connectivity index is 2.71. The second-order valence-electron chi connectivity index (χ2n) is 4.27. The number of nitrogens with one attached hydrogen (secondary N) is 1. The van der Waals surface area contributed by atoms with E-state index in [1.807, 2.05) is 0 Å². The molecule has 1 aromatic rings. The van der Waals surface area contributed by atoms with Crippen LogP contribution in [0.2, 0.25) is 0 Å². The Labute approximate surface area is 115 Å². The van der Waals surface area contributed by atoms with E-state index in [0.29, 0.717) is 12.1 Å². The van der Waals surface area contributed by atoms with Crippen molar-refractivity contribution in [2.75, 3.05) is 5.32 Å². The third kappa shape index (κ3) is 4.53. The molecule has 0 aliphatic carbocycles. The van der Waals surface area contributed by atoms with Crippen LogP contribution in [0.4, 0.5) is 14.5 Å². The van der Waals surface area contributed by atoms with Gasteiger partial charge in [-0.1, -0.05) is 0 Å². The third-order valence-electron chi connectivity index (χ3n) is 2.49. The molecule has 112 valence electrons. The molecule has 1 unspecified atom stereocenters. The SMILES string of the molecule is CC(O)CCC(=O)Nc1ccc(S(=O)(=O)C(F)F)cc1. The van der Waals surface area contributed by atoms with Crippen molar-refractivity contribution in [1.29, 1.82) is 0 Å². The Morgan fingerprint density at radius 2 is 1.85 bits per heavy atom. The summed E-state index contributed by atoms with van der Waals surface area (Å²) < 4.78 is 47.0. The lowest BCUT2D eigenvalue weighted by atomic mass is 10.2. The number of hydrogen-bond donors (Lipinski definition) is 2. The van der Waals surface area contributed by atoms with Gasteiger partial charge in [0.05, 0.1) is 11.0 Å². The molecule has 0 heterocycles. The maximum Gasteiger partial charge on any atom is 0.341 e. The first kappa shape index (κ1) is 16.5. The lowest BCUT2D eigenvalue weighted by Crippen LogP contribution is -2.14. The van der Waals surface area contributed by atoms with Gasteiger partial charge in [0.2, 0.25) is 15.7 Å². The van der Waals surface area contributed by atoms with Gasteiger partial charge in [0.1, 0.15) is 0 Å². The molecule has 0 radical (unpaired) electrons. The highest BCUT2D eigenvalue weighted by atomic mass is 32.2. The summed E-state index contributed by atoms with van der Waals surface area (Å²) in [4.78, 5) is 10.9. The number of carbonyl (C=O) groups is 1. The van der Waals surface area contributed by atoms with E-state index in [2.05, 4.69) is 5.32 Å². The number of alkyl halides is 2. The van der Waals surface area contributed by atoms with Crippen molar-refractivity contribution in [3.63, 3.8) is 0 Å². The molecule has 1 atom stereocenters. The monoisotopic (exact) mass is 307 g/mol. The Morgan fingerprint density at radius 1 is 1.30 bits per heavy atom. The van der Waals surface area contributed by atoms with Crippen molar-refractivity contribution in [2.45, 2.75) is 36.5 Å². The van der Waals surface area contributed by atoms with Gasteiger partial charge in [-0.15, -0.1) is 0 Å². The van der Waals surface area contributed by atoms with Crippen LogP contribution in [0.1, 0.15) is 19.8 Å². The van der Waals surface area contributed by atoms with Crippen molar-refractivity contribution in [1.82, 2.24) is 0 Å². The molecule has 0 bridgehead atoms. The number of amides is 1. The molecule has 0 spiro atoms. The highest BCUT2D eigenvalue weighted by molar-refractivity contribution is 7.91. The van der Waals surface area contributed by atoms with E-state index in [0.717, 1.165) is 12.1 Å². The molecule has 0 saturated heterocycles. The van der Waals surface area contributed by atoms with Gasteiger partial charge in [-0.05, 0) is 37.6 Å². The summed E-state index contributed by atoms with van der Waals surface area (Å²) >= 11 is 0. The van der Waals surface area contributed by atoms with E-state index in [4.69, 9.17) is 5.11 Å². The zero-order chi connectivity index (χ0) is 15.3. The van der Waals surface area contributed by atoms with E-state index >= 15 is 0 Å². The fourth-order valence-electron chi connectivity index (χ4n) is 1.39. The number of aliphatic hydroxyl groups excluding tert-OH is 1. The van der Waals surface area contributed by atoms with E-state index < -0.39 is 26.6 Å². The van der Waals surface area contributed by atoms with Gasteiger partial charge in [0.15, 0.2) is 0 Å². The number of sulfone groups is 1. The zero-order valence-corrected chi connectivity index (χ0v) is 11.5. The maximum absolute atomic E-state index is 12.3. The fourth-order valence-corrected chi connectivity index (χ4v) is 2.12. The quantitative estimate of drug-likeness (QED) is 0.839. The van der Waals surface area contributed by atoms with Crippen LogP contribution in [0.5, 0.6) is 0 Å². The topological polar surface area (TPSA) is 83.5 Å². The Morgan fingerprint density at radius 3 is 2.30 bits per heavy atom. The van der Waals surface area contributed by atoms with E-state index in [1.165, 1.54) is 12.1 Å². The van der Waals surface area contributed by atoms with Crippen LogP contribution in [-0.4, -0.2) is 31.3 Å². The summed E-state index contributed by atoms with van der Waals surface area (Å²) in [5.74, 6) is -3.83. The molecule has 0 fully saturated rings. The summed E-state index contributed by atoms with van der Waals surface area (Å²) in [6.45, 7) is 1.55. The highest BCUT2D eigenvalue weighted by Gasteiger charge is 2.26. The van der Waals surface area contributed by atoms with Crippen LogP contribution in [0.3, 0.4) is 0 Å². The summed E-state index contributed by atoms with van der Waals surface area (Å²) in [5, 5.41) is 11.5. The van der Waals surface area contributed by atoms with Gasteiger partial charge >= 0.3 is 5.76 Å². The molecular weight excluding hydrogens is 292 g/mol. The molecule has 1 aromatic carbocycles. The summed E-state index contributed by atoms with van der Waals surface area (Å²) in [5.41, 5.74) is 0.300. The molecule has 20 heavy (non-hydrogen) atoms. The minimum atomic E-state index is -4.62. The minimum Gasteiger partial charge on any atom is -0.393 e. The number of halogens is 2. The number of hydrogen-bond acceptors (Lipinski definition) is 4. The first-order valence-corrected chi connectivity index (χ1v) is 7.38. The van der Waals surface area contributed by atoms with Crippen LogP contribution in [-0.2, 0) is 14.6 Å². The molecule has 0 aliphatic rings. The first-order chi connectivity index (χ1) is 9.23. The van der Waals surface area contributed by atoms with Crippen molar-refractivity contribution in [3.05, 3.63) is 24.3 Å². The predicted octanol–water partition coefficient (Wildman–Crippen LogP) is 1.78. The molecule has 0 aliphatic heterocycles. The summed E-state index contributed by atoms with van der Waals surface area (Å²) in [6.07, 6.45) is -0.197. The van der Waals surface area contributed by atoms with Gasteiger partial charge in [-0.3, -0.25) is 4.79 Å². The van der Waals surface area contributed by atoms with Crippen LogP contribution in [0.25, 0.3) is 0 Å². The molecule has 8 heteroatoms. The van der Waals surface area contributed by atoms with E-state index in [1.54, 1.807) is 6.92 Å². The summed E-state index contributed by atoms with van der Waals surface area (Å²) in [6, 6.07) is 4.47. The van der Waals surface area contributed by atoms with Crippen LogP contribution in [0.15, 0.2) is 29.2 Å². The Hall–Kier alpha value is -1.54. The maximum atomic E-state index is 12.3. The van der Waals surface area contributed by atoms with Gasteiger partial charge < -0.3 is 10.4 Å². The molecule has 1 rings (SSSR count). The third-order valence-corrected chi connectivity index (χ3v) is 3.89. The normalized spacial score (nSPS) is 13.2. The van der Waals surface area contributed by atoms with Crippen LogP contribution >= 0.6 is 0 Å². The summed E-state index contributed by atoms with van der Waals surface area (Å²) in [7, 11) is -4.62. The first-order valence-electron chi connectivity index (χ1n) is 5.83. The standard InChI is InChI=1S/C12H15F2NO4S/c1-8(16)2-7-11(17)15-9-3-5-10(6-4-9)20(18,19)12(13)14/h3-6,8,12,16H,2,7H2,1H3,(H,15,17). The average Bonchev–Trinajstić information content (AvgIpc) is 2.37. The van der Waals surface area contributed by atoms with Gasteiger partial charge in [-0.2, -0.15) is 8.78 Å². The molecule has 5 nitrogen and oxygen atoms in total. The number of rotatable bonds is 6.